The second-order valence-electron chi connectivity index (χ2n) is 20.3. The van der Waals surface area contributed by atoms with Gasteiger partial charge in [0.2, 0.25) is 23.5 Å². The first-order chi connectivity index (χ1) is 30.9. The number of aliphatic hydroxyl groups is 1. The van der Waals surface area contributed by atoms with E-state index < -0.39 is 53.3 Å². The molecular weight excluding hydrogens is 849 g/mol. The Balaban J connectivity index is 0.789. The van der Waals surface area contributed by atoms with Crippen molar-refractivity contribution in [1.29, 1.82) is 0 Å². The monoisotopic (exact) mass is 914 g/mol. The molecule has 6 fully saturated rings. The van der Waals surface area contributed by atoms with Crippen LogP contribution in [0.25, 0.3) is 10.4 Å². The van der Waals surface area contributed by atoms with E-state index in [0.717, 1.165) is 47.9 Å². The summed E-state index contributed by atoms with van der Waals surface area (Å²) in [5.41, 5.74) is 3.47. The predicted octanol–water partition coefficient (Wildman–Crippen LogP) is 6.94. The molecule has 2 aromatic carbocycles. The van der Waals surface area contributed by atoms with Crippen molar-refractivity contribution in [3.05, 3.63) is 82.2 Å². The lowest BCUT2D eigenvalue weighted by atomic mass is 9.57. The van der Waals surface area contributed by atoms with Crippen LogP contribution < -0.4 is 16.0 Å². The highest BCUT2D eigenvalue weighted by Gasteiger charge is 2.69. The summed E-state index contributed by atoms with van der Waals surface area (Å²) in [6.45, 7) is 14.7. The summed E-state index contributed by atoms with van der Waals surface area (Å²) in [4.78, 5) is 68.7. The van der Waals surface area contributed by atoms with Crippen LogP contribution in [0.2, 0.25) is 0 Å². The van der Waals surface area contributed by atoms with Crippen molar-refractivity contribution in [2.45, 2.75) is 148 Å². The van der Waals surface area contributed by atoms with Gasteiger partial charge in [-0.1, -0.05) is 83.1 Å². The van der Waals surface area contributed by atoms with Gasteiger partial charge in [0.25, 0.3) is 0 Å². The minimum atomic E-state index is -0.946. The third-order valence-electron chi connectivity index (χ3n) is 14.6. The van der Waals surface area contributed by atoms with E-state index in [2.05, 4.69) is 48.2 Å². The molecule has 2 bridgehead atoms. The van der Waals surface area contributed by atoms with Crippen molar-refractivity contribution in [2.24, 2.45) is 29.1 Å². The number of carbonyl (C=O) groups excluding carboxylic acids is 4. The minimum Gasteiger partial charge on any atom is -0.449 e. The number of alkyl carbamates (subject to hydrolysis) is 1. The molecule has 5 aliphatic heterocycles. The van der Waals surface area contributed by atoms with Gasteiger partial charge in [-0.25, -0.2) is 14.6 Å². The molecule has 0 radical (unpaired) electrons. The zero-order valence-electron chi connectivity index (χ0n) is 38.7. The van der Waals surface area contributed by atoms with Gasteiger partial charge >= 0.3 is 6.09 Å². The molecule has 352 valence electrons. The highest BCUT2D eigenvalue weighted by atomic mass is 32.1. The van der Waals surface area contributed by atoms with E-state index in [1.807, 2.05) is 76.2 Å². The van der Waals surface area contributed by atoms with Crippen LogP contribution in [0.5, 0.6) is 0 Å². The summed E-state index contributed by atoms with van der Waals surface area (Å²) in [5, 5.41) is 21.4. The Bertz CT molecular complexity index is 2190. The van der Waals surface area contributed by atoms with Crippen LogP contribution >= 0.6 is 11.3 Å². The average molecular weight is 915 g/mol. The third-order valence-corrected chi connectivity index (χ3v) is 15.6. The molecule has 0 unspecified atom stereocenters. The van der Waals surface area contributed by atoms with Gasteiger partial charge in [0, 0.05) is 49.7 Å². The molecule has 6 heterocycles. The Morgan fingerprint density at radius 2 is 1.62 bits per heavy atom. The molecule has 1 spiro atoms. The Morgan fingerprint density at radius 3 is 2.31 bits per heavy atom. The quantitative estimate of drug-likeness (QED) is 0.132. The molecule has 1 aromatic heterocycles. The van der Waals surface area contributed by atoms with Crippen LogP contribution in [0.4, 0.5) is 4.79 Å². The van der Waals surface area contributed by atoms with Gasteiger partial charge in [0.05, 0.1) is 25.2 Å². The number of nitrogens with zero attached hydrogens (tertiary/aromatic N) is 1. The molecule has 1 saturated carbocycles. The van der Waals surface area contributed by atoms with Crippen LogP contribution in [0, 0.1) is 36.0 Å². The van der Waals surface area contributed by atoms with Crippen LogP contribution in [-0.4, -0.2) is 88.9 Å². The molecule has 4 amide bonds. The molecule has 3 aromatic rings. The molecule has 65 heavy (non-hydrogen) atoms. The number of β-amino-alcohol motifs (C(OH)–C–C–N with tert-alkyl or cyclic N) is 1. The van der Waals surface area contributed by atoms with E-state index in [4.69, 9.17) is 24.0 Å². The zero-order chi connectivity index (χ0) is 46.3. The zero-order valence-corrected chi connectivity index (χ0v) is 39.5. The number of hydrogen-bond donors (Lipinski definition) is 4. The molecule has 1 aliphatic carbocycles. The van der Waals surface area contributed by atoms with Crippen molar-refractivity contribution in [1.82, 2.24) is 20.9 Å². The average Bonchev–Trinajstić information content (AvgIpc) is 3.81. The second kappa shape index (κ2) is 19.1. The number of thiophene rings is 1. The summed E-state index contributed by atoms with van der Waals surface area (Å²) in [7, 11) is 0. The van der Waals surface area contributed by atoms with Gasteiger partial charge in [-0.2, -0.15) is 0 Å². The molecule has 5 saturated heterocycles. The molecule has 15 heteroatoms. The number of amides is 4. The fourth-order valence-corrected chi connectivity index (χ4v) is 11.8. The first-order valence-electron chi connectivity index (χ1n) is 23.3. The molecule has 9 rings (SSSR count). The van der Waals surface area contributed by atoms with Crippen LogP contribution in [-0.2, 0) is 57.9 Å². The maximum Gasteiger partial charge on any atom is 0.407 e. The standard InChI is InChI=1S/C50H66N4O10S/c1-29-8-17-38-31(3)40(61-46-50(38)37(29)18-21-49(7,62-46)63-64-50)19-22-60-47(59)52-27-33-11-9-32(10-12-33)24-41(56)53-43(48(4,5)6)45(58)54-28-36(55)25-39(54)44(57)51-26-34-13-15-35(16-14-34)42-30(2)20-23-65-42/h9-16,20,23,29,31,36-40,43,46,55H,8,17-19,21-22,24-28H2,1-7H3,(H,51,57)(H,52,59)(H,53,56)/t29-,31-,36-,37+,38+,39+,40-,43-,46-,49-,50-/m1/s1. The van der Waals surface area contributed by atoms with Crippen LogP contribution in [0.1, 0.15) is 102 Å². The molecular formula is C50H66N4O10S. The Morgan fingerprint density at radius 1 is 0.923 bits per heavy atom. The summed E-state index contributed by atoms with van der Waals surface area (Å²) in [5.74, 6) is -0.830. The van der Waals surface area contributed by atoms with Crippen molar-refractivity contribution in [3.8, 4) is 10.4 Å². The topological polar surface area (TPSA) is 174 Å². The van der Waals surface area contributed by atoms with Crippen molar-refractivity contribution < 1.29 is 48.3 Å². The number of aryl methyl sites for hydroxylation is 1. The number of rotatable bonds is 13. The van der Waals surface area contributed by atoms with Crippen molar-refractivity contribution >= 4 is 35.2 Å². The van der Waals surface area contributed by atoms with Gasteiger partial charge in [0.15, 0.2) is 11.9 Å². The number of hydrogen-bond acceptors (Lipinski definition) is 11. The summed E-state index contributed by atoms with van der Waals surface area (Å²) in [6.07, 6.45) is 2.39. The minimum absolute atomic E-state index is 0.00632. The summed E-state index contributed by atoms with van der Waals surface area (Å²) < 4.78 is 18.7. The van der Waals surface area contributed by atoms with Gasteiger partial charge in [-0.05, 0) is 95.5 Å². The fraction of sp³-hybridized carbons (Fsp3) is 0.600. The van der Waals surface area contributed by atoms with E-state index in [9.17, 15) is 24.3 Å². The maximum atomic E-state index is 14.1. The molecule has 6 aliphatic rings. The Hall–Kier alpha value is -4.38. The van der Waals surface area contributed by atoms with Gasteiger partial charge in [0.1, 0.15) is 12.1 Å². The Kier molecular flexibility index (Phi) is 13.8. The third kappa shape index (κ3) is 10.0. The first kappa shape index (κ1) is 47.1. The molecule has 11 atom stereocenters. The highest BCUT2D eigenvalue weighted by Crippen LogP contribution is 2.60. The maximum absolute atomic E-state index is 14.1. The Labute approximate surface area is 386 Å². The number of fused-ring (bicyclic) bond motifs is 2. The summed E-state index contributed by atoms with van der Waals surface area (Å²) in [6, 6.07) is 15.6. The van der Waals surface area contributed by atoms with Crippen LogP contribution in [0.15, 0.2) is 60.0 Å². The number of likely N-dealkylation sites (tertiary alicyclic amines) is 1. The largest absolute Gasteiger partial charge is 0.449 e. The van der Waals surface area contributed by atoms with E-state index >= 15 is 0 Å². The van der Waals surface area contributed by atoms with Gasteiger partial charge in [-0.15, -0.1) is 11.3 Å². The SMILES string of the molecule is Cc1ccsc1-c1ccc(CNC(=O)[C@@H]2C[C@@H](O)CN2C(=O)[C@@H](NC(=O)Cc2ccc(CNC(=O)OCC[C@H]3O[C@@H]4O[C@@]5(C)CC[C@H]6[C@H](C)CC[C@@H]([C@H]3C)[C@@]46OO5)cc2)C(C)(C)C)cc1. The van der Waals surface area contributed by atoms with Crippen molar-refractivity contribution in [3.63, 3.8) is 0 Å². The highest BCUT2D eigenvalue weighted by molar-refractivity contribution is 7.13. The lowest BCUT2D eigenvalue weighted by Crippen LogP contribution is -2.70. The van der Waals surface area contributed by atoms with E-state index in [1.165, 1.54) is 15.3 Å². The number of aliphatic hydroxyl groups excluding tert-OH is 1. The number of nitrogens with one attached hydrogen (secondary N) is 3. The fourth-order valence-electron chi connectivity index (χ4n) is 10.8. The van der Waals surface area contributed by atoms with Gasteiger partial charge in [-0.3, -0.25) is 14.4 Å². The van der Waals surface area contributed by atoms with Crippen LogP contribution in [0.3, 0.4) is 0 Å². The van der Waals surface area contributed by atoms with E-state index in [-0.39, 0.29) is 68.8 Å². The normalized spacial score (nSPS) is 31.0. The summed E-state index contributed by atoms with van der Waals surface area (Å²) >= 11 is 1.69. The molecule has 4 N–H and O–H groups in total. The first-order valence-corrected chi connectivity index (χ1v) is 24.2. The smallest absolute Gasteiger partial charge is 0.407 e. The lowest BCUT2D eigenvalue weighted by Gasteiger charge is -2.60. The molecule has 14 nitrogen and oxygen atoms in total. The lowest BCUT2D eigenvalue weighted by molar-refractivity contribution is -0.571. The predicted molar refractivity (Wildman–Crippen MR) is 244 cm³/mol. The number of benzene rings is 2. The van der Waals surface area contributed by atoms with E-state index in [1.54, 1.807) is 11.3 Å². The van der Waals surface area contributed by atoms with Crippen molar-refractivity contribution in [2.75, 3.05) is 13.2 Å². The van der Waals surface area contributed by atoms with Gasteiger partial charge < -0.3 is 40.2 Å². The number of carbonyl (C=O) groups is 4. The second-order valence-corrected chi connectivity index (χ2v) is 21.2. The van der Waals surface area contributed by atoms with E-state index in [0.29, 0.717) is 18.3 Å². The number of ether oxygens (including phenoxy) is 3.